The monoisotopic (exact) mass is 253 g/mol. The number of carbonyl (C=O) groups is 1. The minimum atomic E-state index is -0.174. The lowest BCUT2D eigenvalue weighted by atomic mass is 9.88. The molecule has 2 N–H and O–H groups in total. The second kappa shape index (κ2) is 6.59. The summed E-state index contributed by atoms with van der Waals surface area (Å²) in [6.45, 7) is 6.90. The molecule has 1 rings (SSSR count). The molecule has 0 radical (unpaired) electrons. The highest BCUT2D eigenvalue weighted by atomic mass is 16.3. The van der Waals surface area contributed by atoms with Crippen molar-refractivity contribution < 1.29 is 14.3 Å². The van der Waals surface area contributed by atoms with E-state index in [0.717, 1.165) is 25.0 Å². The van der Waals surface area contributed by atoms with Crippen LogP contribution >= 0.6 is 0 Å². The second-order valence-corrected chi connectivity index (χ2v) is 5.29. The van der Waals surface area contributed by atoms with E-state index in [2.05, 4.69) is 19.2 Å². The molecule has 0 saturated heterocycles. The highest BCUT2D eigenvalue weighted by Crippen LogP contribution is 2.21. The van der Waals surface area contributed by atoms with Crippen molar-refractivity contribution in [2.24, 2.45) is 5.41 Å². The van der Waals surface area contributed by atoms with Crippen LogP contribution in [-0.2, 0) is 6.42 Å². The standard InChI is InChI=1S/C14H23NO3/c1-4-11-6-7-12(18-11)13(17)15-10-14(2,3)8-5-9-16/h6-7,16H,4-5,8-10H2,1-3H3,(H,15,17). The molecule has 102 valence electrons. The smallest absolute Gasteiger partial charge is 0.287 e. The van der Waals surface area contributed by atoms with Crippen LogP contribution in [-0.4, -0.2) is 24.2 Å². The van der Waals surface area contributed by atoms with Crippen LogP contribution in [0.4, 0.5) is 0 Å². The molecule has 0 aliphatic rings. The molecule has 0 spiro atoms. The minimum Gasteiger partial charge on any atom is -0.456 e. The van der Waals surface area contributed by atoms with Crippen LogP contribution in [0.15, 0.2) is 16.5 Å². The Morgan fingerprint density at radius 3 is 2.72 bits per heavy atom. The summed E-state index contributed by atoms with van der Waals surface area (Å²) in [7, 11) is 0. The average Bonchev–Trinajstić information content (AvgIpc) is 2.82. The van der Waals surface area contributed by atoms with Crippen molar-refractivity contribution in [1.29, 1.82) is 0 Å². The van der Waals surface area contributed by atoms with Gasteiger partial charge in [0, 0.05) is 19.6 Å². The Labute approximate surface area is 108 Å². The van der Waals surface area contributed by atoms with Crippen molar-refractivity contribution in [3.8, 4) is 0 Å². The Bertz CT molecular complexity index is 382. The molecule has 0 bridgehead atoms. The lowest BCUT2D eigenvalue weighted by molar-refractivity contribution is 0.0903. The van der Waals surface area contributed by atoms with E-state index in [-0.39, 0.29) is 17.9 Å². The molecule has 0 fully saturated rings. The van der Waals surface area contributed by atoms with E-state index >= 15 is 0 Å². The van der Waals surface area contributed by atoms with E-state index in [4.69, 9.17) is 9.52 Å². The first-order valence-electron chi connectivity index (χ1n) is 6.46. The number of hydrogen-bond donors (Lipinski definition) is 2. The van der Waals surface area contributed by atoms with Crippen LogP contribution in [0.5, 0.6) is 0 Å². The maximum Gasteiger partial charge on any atom is 0.287 e. The molecule has 0 atom stereocenters. The fourth-order valence-electron chi connectivity index (χ4n) is 1.74. The van der Waals surface area contributed by atoms with Crippen molar-refractivity contribution in [3.05, 3.63) is 23.7 Å². The van der Waals surface area contributed by atoms with Gasteiger partial charge in [0.25, 0.3) is 5.91 Å². The molecular weight excluding hydrogens is 230 g/mol. The predicted molar refractivity (Wildman–Crippen MR) is 70.5 cm³/mol. The molecule has 0 unspecified atom stereocenters. The van der Waals surface area contributed by atoms with E-state index in [1.807, 2.05) is 13.0 Å². The Morgan fingerprint density at radius 1 is 1.44 bits per heavy atom. The molecule has 1 aromatic heterocycles. The van der Waals surface area contributed by atoms with Crippen LogP contribution < -0.4 is 5.32 Å². The summed E-state index contributed by atoms with van der Waals surface area (Å²) in [6.07, 6.45) is 2.42. The van der Waals surface area contributed by atoms with Gasteiger partial charge in [-0.3, -0.25) is 4.79 Å². The molecule has 1 aromatic rings. The first kappa shape index (κ1) is 14.8. The van der Waals surface area contributed by atoms with Crippen LogP contribution in [0, 0.1) is 5.41 Å². The number of furan rings is 1. The van der Waals surface area contributed by atoms with Crippen LogP contribution in [0.1, 0.15) is 49.9 Å². The van der Waals surface area contributed by atoms with Gasteiger partial charge in [0.2, 0.25) is 0 Å². The van der Waals surface area contributed by atoms with Gasteiger partial charge in [0.1, 0.15) is 5.76 Å². The molecule has 0 saturated carbocycles. The second-order valence-electron chi connectivity index (χ2n) is 5.29. The summed E-state index contributed by atoms with van der Waals surface area (Å²) < 4.78 is 5.39. The highest BCUT2D eigenvalue weighted by Gasteiger charge is 2.19. The number of aryl methyl sites for hydroxylation is 1. The van der Waals surface area contributed by atoms with E-state index in [0.29, 0.717) is 12.3 Å². The van der Waals surface area contributed by atoms with Crippen molar-refractivity contribution in [1.82, 2.24) is 5.32 Å². The van der Waals surface area contributed by atoms with Gasteiger partial charge in [-0.1, -0.05) is 20.8 Å². The molecule has 4 heteroatoms. The van der Waals surface area contributed by atoms with Gasteiger partial charge >= 0.3 is 0 Å². The normalized spacial score (nSPS) is 11.6. The lowest BCUT2D eigenvalue weighted by Gasteiger charge is -2.24. The van der Waals surface area contributed by atoms with Crippen molar-refractivity contribution in [2.75, 3.05) is 13.2 Å². The van der Waals surface area contributed by atoms with Crippen LogP contribution in [0.3, 0.4) is 0 Å². The fraction of sp³-hybridized carbons (Fsp3) is 0.643. The maximum absolute atomic E-state index is 11.8. The van der Waals surface area contributed by atoms with Crippen molar-refractivity contribution in [3.63, 3.8) is 0 Å². The Balaban J connectivity index is 2.45. The Morgan fingerprint density at radius 2 is 2.17 bits per heavy atom. The van der Waals surface area contributed by atoms with E-state index in [1.54, 1.807) is 6.07 Å². The number of aliphatic hydroxyl groups excluding tert-OH is 1. The summed E-state index contributed by atoms with van der Waals surface area (Å²) in [5, 5.41) is 11.7. The summed E-state index contributed by atoms with van der Waals surface area (Å²) in [5.74, 6) is 1.01. The van der Waals surface area contributed by atoms with Gasteiger partial charge in [-0.05, 0) is 30.4 Å². The van der Waals surface area contributed by atoms with Gasteiger partial charge in [0.05, 0.1) is 0 Å². The lowest BCUT2D eigenvalue weighted by Crippen LogP contribution is -2.34. The minimum absolute atomic E-state index is 0.0153. The third-order valence-corrected chi connectivity index (χ3v) is 2.97. The average molecular weight is 253 g/mol. The SMILES string of the molecule is CCc1ccc(C(=O)NCC(C)(C)CCCO)o1. The Kier molecular flexibility index (Phi) is 5.41. The number of aliphatic hydroxyl groups is 1. The first-order chi connectivity index (χ1) is 8.48. The number of hydrogen-bond acceptors (Lipinski definition) is 3. The maximum atomic E-state index is 11.8. The molecule has 18 heavy (non-hydrogen) atoms. The fourth-order valence-corrected chi connectivity index (χ4v) is 1.74. The van der Waals surface area contributed by atoms with Gasteiger partial charge in [0.15, 0.2) is 5.76 Å². The van der Waals surface area contributed by atoms with Gasteiger partial charge in [-0.2, -0.15) is 0 Å². The zero-order valence-electron chi connectivity index (χ0n) is 11.5. The van der Waals surface area contributed by atoms with Gasteiger partial charge in [-0.15, -0.1) is 0 Å². The molecule has 1 amide bonds. The van der Waals surface area contributed by atoms with E-state index in [9.17, 15) is 4.79 Å². The van der Waals surface area contributed by atoms with Crippen LogP contribution in [0.25, 0.3) is 0 Å². The zero-order chi connectivity index (χ0) is 13.6. The van der Waals surface area contributed by atoms with Crippen molar-refractivity contribution >= 4 is 5.91 Å². The number of rotatable bonds is 7. The summed E-state index contributed by atoms with van der Waals surface area (Å²) >= 11 is 0. The summed E-state index contributed by atoms with van der Waals surface area (Å²) in [4.78, 5) is 11.8. The van der Waals surface area contributed by atoms with Crippen LogP contribution in [0.2, 0.25) is 0 Å². The number of nitrogens with one attached hydrogen (secondary N) is 1. The number of carbonyl (C=O) groups excluding carboxylic acids is 1. The number of amides is 1. The van der Waals surface area contributed by atoms with Gasteiger partial charge < -0.3 is 14.8 Å². The zero-order valence-corrected chi connectivity index (χ0v) is 11.5. The molecule has 0 aromatic carbocycles. The highest BCUT2D eigenvalue weighted by molar-refractivity contribution is 5.91. The van der Waals surface area contributed by atoms with Crippen molar-refractivity contribution in [2.45, 2.75) is 40.0 Å². The first-order valence-corrected chi connectivity index (χ1v) is 6.46. The largest absolute Gasteiger partial charge is 0.456 e. The molecule has 1 heterocycles. The van der Waals surface area contributed by atoms with E-state index < -0.39 is 0 Å². The molecule has 0 aliphatic heterocycles. The summed E-state index contributed by atoms with van der Waals surface area (Å²) in [6, 6.07) is 3.53. The molecular formula is C14H23NO3. The quantitative estimate of drug-likeness (QED) is 0.784. The summed E-state index contributed by atoms with van der Waals surface area (Å²) in [5.41, 5.74) is -0.0153. The van der Waals surface area contributed by atoms with Gasteiger partial charge in [-0.25, -0.2) is 0 Å². The molecule has 4 nitrogen and oxygen atoms in total. The molecule has 0 aliphatic carbocycles. The predicted octanol–water partition coefficient (Wildman–Crippen LogP) is 2.37. The van der Waals surface area contributed by atoms with E-state index in [1.165, 1.54) is 0 Å². The third kappa shape index (κ3) is 4.53. The topological polar surface area (TPSA) is 62.5 Å². The third-order valence-electron chi connectivity index (χ3n) is 2.97. The Hall–Kier alpha value is -1.29.